The summed E-state index contributed by atoms with van der Waals surface area (Å²) < 4.78 is 54.6. The van der Waals surface area contributed by atoms with Gasteiger partial charge >= 0.3 is 0 Å². The van der Waals surface area contributed by atoms with Crippen molar-refractivity contribution in [1.82, 2.24) is 4.72 Å². The number of benzene rings is 3. The third-order valence-corrected chi connectivity index (χ3v) is 7.16. The van der Waals surface area contributed by atoms with Crippen LogP contribution in [-0.4, -0.2) is 28.3 Å². The molecule has 0 unspecified atom stereocenters. The van der Waals surface area contributed by atoms with Gasteiger partial charge in [-0.3, -0.25) is 14.8 Å². The zero-order chi connectivity index (χ0) is 22.5. The molecule has 0 saturated carbocycles. The quantitative estimate of drug-likeness (QED) is 0.371. The average Bonchev–Trinajstić information content (AvgIpc) is 2.74. The van der Waals surface area contributed by atoms with Crippen LogP contribution in [0, 0.1) is 10.1 Å². The first kappa shape index (κ1) is 22.4. The van der Waals surface area contributed by atoms with Crippen LogP contribution < -0.4 is 9.44 Å². The number of nitro groups is 1. The lowest BCUT2D eigenvalue weighted by Gasteiger charge is -2.10. The van der Waals surface area contributed by atoms with Gasteiger partial charge < -0.3 is 0 Å². The number of hydrogen-bond donors (Lipinski definition) is 2. The molecular formula is C20H19N3O6S2. The second kappa shape index (κ2) is 9.25. The molecule has 3 aromatic carbocycles. The topological polar surface area (TPSA) is 135 Å². The number of sulfonamides is 2. The van der Waals surface area contributed by atoms with Crippen molar-refractivity contribution in [2.24, 2.45) is 0 Å². The summed E-state index contributed by atoms with van der Waals surface area (Å²) in [5.74, 6) is 0. The molecule has 0 bridgehead atoms. The van der Waals surface area contributed by atoms with Crippen molar-refractivity contribution in [2.75, 3.05) is 11.3 Å². The molecule has 0 aliphatic rings. The van der Waals surface area contributed by atoms with Crippen LogP contribution in [0.1, 0.15) is 5.56 Å². The Labute approximate surface area is 180 Å². The SMILES string of the molecule is O=[N+]([O-])c1cccc(S(=O)(=O)Nc2ccc(S(=O)(=O)NCCc3ccccc3)cc2)c1. The molecule has 0 atom stereocenters. The van der Waals surface area contributed by atoms with Gasteiger partial charge in [-0.1, -0.05) is 36.4 Å². The van der Waals surface area contributed by atoms with Crippen LogP contribution in [0.3, 0.4) is 0 Å². The largest absolute Gasteiger partial charge is 0.280 e. The first-order chi connectivity index (χ1) is 14.7. The lowest BCUT2D eigenvalue weighted by atomic mass is 10.2. The van der Waals surface area contributed by atoms with Crippen LogP contribution in [0.2, 0.25) is 0 Å². The molecular weight excluding hydrogens is 442 g/mol. The predicted molar refractivity (Wildman–Crippen MR) is 116 cm³/mol. The second-order valence-electron chi connectivity index (χ2n) is 6.52. The minimum Gasteiger partial charge on any atom is -0.280 e. The van der Waals surface area contributed by atoms with E-state index in [1.54, 1.807) is 0 Å². The van der Waals surface area contributed by atoms with Crippen LogP contribution in [0.4, 0.5) is 11.4 Å². The van der Waals surface area contributed by atoms with Gasteiger partial charge in [-0.25, -0.2) is 21.6 Å². The summed E-state index contributed by atoms with van der Waals surface area (Å²) in [5.41, 5.74) is 0.761. The van der Waals surface area contributed by atoms with Gasteiger partial charge in [0.25, 0.3) is 15.7 Å². The molecule has 31 heavy (non-hydrogen) atoms. The Morgan fingerprint density at radius 2 is 1.45 bits per heavy atom. The number of rotatable bonds is 9. The van der Waals surface area contributed by atoms with Crippen molar-refractivity contribution in [3.8, 4) is 0 Å². The molecule has 0 fully saturated rings. The van der Waals surface area contributed by atoms with Crippen molar-refractivity contribution >= 4 is 31.4 Å². The molecule has 0 saturated heterocycles. The monoisotopic (exact) mass is 461 g/mol. The number of nitrogens with zero attached hydrogens (tertiary/aromatic N) is 1. The van der Waals surface area contributed by atoms with Crippen molar-refractivity contribution in [1.29, 1.82) is 0 Å². The number of hydrogen-bond acceptors (Lipinski definition) is 6. The van der Waals surface area contributed by atoms with E-state index >= 15 is 0 Å². The molecule has 0 amide bonds. The maximum Gasteiger partial charge on any atom is 0.270 e. The Morgan fingerprint density at radius 3 is 2.10 bits per heavy atom. The molecule has 0 aliphatic carbocycles. The summed E-state index contributed by atoms with van der Waals surface area (Å²) in [6.45, 7) is 0.216. The Balaban J connectivity index is 1.67. The molecule has 0 spiro atoms. The van der Waals surface area contributed by atoms with Gasteiger partial charge in [-0.15, -0.1) is 0 Å². The van der Waals surface area contributed by atoms with Crippen LogP contribution >= 0.6 is 0 Å². The first-order valence-corrected chi connectivity index (χ1v) is 12.0. The third-order valence-electron chi connectivity index (χ3n) is 4.30. The van der Waals surface area contributed by atoms with E-state index in [1.807, 2.05) is 30.3 Å². The van der Waals surface area contributed by atoms with Crippen molar-refractivity contribution in [3.05, 3.63) is 94.5 Å². The molecule has 2 N–H and O–H groups in total. The smallest absolute Gasteiger partial charge is 0.270 e. The molecule has 3 aromatic rings. The van der Waals surface area contributed by atoms with Gasteiger partial charge in [0.2, 0.25) is 10.0 Å². The summed E-state index contributed by atoms with van der Waals surface area (Å²) in [6.07, 6.45) is 0.529. The lowest BCUT2D eigenvalue weighted by molar-refractivity contribution is -0.385. The fraction of sp³-hybridized carbons (Fsp3) is 0.100. The maximum absolute atomic E-state index is 12.5. The normalized spacial score (nSPS) is 11.7. The van der Waals surface area contributed by atoms with Crippen LogP contribution in [0.5, 0.6) is 0 Å². The molecule has 0 aliphatic heterocycles. The predicted octanol–water partition coefficient (Wildman–Crippen LogP) is 2.92. The summed E-state index contributed by atoms with van der Waals surface area (Å²) >= 11 is 0. The van der Waals surface area contributed by atoms with E-state index in [0.717, 1.165) is 11.6 Å². The van der Waals surface area contributed by atoms with E-state index < -0.39 is 25.0 Å². The van der Waals surface area contributed by atoms with E-state index in [0.29, 0.717) is 6.42 Å². The number of nitrogens with one attached hydrogen (secondary N) is 2. The standard InChI is InChI=1S/C20H19N3O6S2/c24-23(25)18-7-4-8-20(15-18)31(28,29)22-17-9-11-19(12-10-17)30(26,27)21-14-13-16-5-2-1-3-6-16/h1-12,15,21-22H,13-14H2. The second-order valence-corrected chi connectivity index (χ2v) is 9.97. The lowest BCUT2D eigenvalue weighted by Crippen LogP contribution is -2.26. The fourth-order valence-electron chi connectivity index (χ4n) is 2.74. The molecule has 9 nitrogen and oxygen atoms in total. The molecule has 11 heteroatoms. The van der Waals surface area contributed by atoms with Crippen molar-refractivity contribution < 1.29 is 21.8 Å². The Bertz CT molecular complexity index is 1280. The third kappa shape index (κ3) is 5.87. The highest BCUT2D eigenvalue weighted by molar-refractivity contribution is 7.92. The summed E-state index contributed by atoms with van der Waals surface area (Å²) in [5, 5.41) is 10.9. The summed E-state index contributed by atoms with van der Waals surface area (Å²) in [7, 11) is -7.84. The Morgan fingerprint density at radius 1 is 0.774 bits per heavy atom. The van der Waals surface area contributed by atoms with Crippen LogP contribution in [0.25, 0.3) is 0 Å². The number of anilines is 1. The molecule has 0 heterocycles. The molecule has 162 valence electrons. The van der Waals surface area contributed by atoms with Gasteiger partial charge in [0.1, 0.15) is 0 Å². The first-order valence-electron chi connectivity index (χ1n) is 9.08. The molecule has 3 rings (SSSR count). The van der Waals surface area contributed by atoms with Gasteiger partial charge in [0.05, 0.1) is 14.7 Å². The minimum atomic E-state index is -4.08. The van der Waals surface area contributed by atoms with E-state index in [2.05, 4.69) is 9.44 Å². The maximum atomic E-state index is 12.5. The highest BCUT2D eigenvalue weighted by atomic mass is 32.2. The number of nitro benzene ring substituents is 1. The Hall–Kier alpha value is -3.28. The summed E-state index contributed by atoms with van der Waals surface area (Å²) in [4.78, 5) is 9.87. The van der Waals surface area contributed by atoms with E-state index in [-0.39, 0.29) is 27.7 Å². The highest BCUT2D eigenvalue weighted by Crippen LogP contribution is 2.21. The van der Waals surface area contributed by atoms with Gasteiger partial charge in [0, 0.05) is 24.4 Å². The van der Waals surface area contributed by atoms with E-state index in [9.17, 15) is 26.9 Å². The summed E-state index contributed by atoms with van der Waals surface area (Å²) in [6, 6.07) is 19.2. The highest BCUT2D eigenvalue weighted by Gasteiger charge is 2.19. The minimum absolute atomic E-state index is 0.0149. The van der Waals surface area contributed by atoms with Crippen LogP contribution in [0.15, 0.2) is 88.7 Å². The average molecular weight is 462 g/mol. The molecule has 0 aromatic heterocycles. The van der Waals surface area contributed by atoms with Gasteiger partial charge in [0.15, 0.2) is 0 Å². The van der Waals surface area contributed by atoms with E-state index in [4.69, 9.17) is 0 Å². The number of non-ortho nitro benzene ring substituents is 1. The fourth-order valence-corrected chi connectivity index (χ4v) is 4.87. The zero-order valence-corrected chi connectivity index (χ0v) is 17.8. The zero-order valence-electron chi connectivity index (χ0n) is 16.1. The van der Waals surface area contributed by atoms with Gasteiger partial charge in [-0.05, 0) is 42.3 Å². The molecule has 0 radical (unpaired) electrons. The van der Waals surface area contributed by atoms with E-state index in [1.165, 1.54) is 42.5 Å². The van der Waals surface area contributed by atoms with Crippen molar-refractivity contribution in [3.63, 3.8) is 0 Å². The van der Waals surface area contributed by atoms with Crippen LogP contribution in [-0.2, 0) is 26.5 Å². The van der Waals surface area contributed by atoms with Crippen molar-refractivity contribution in [2.45, 2.75) is 16.2 Å². The van der Waals surface area contributed by atoms with Gasteiger partial charge in [-0.2, -0.15) is 0 Å². The Kier molecular flexibility index (Phi) is 6.68.